The molecule has 0 bridgehead atoms. The fourth-order valence-corrected chi connectivity index (χ4v) is 1.22. The van der Waals surface area contributed by atoms with Crippen LogP contribution in [-0.2, 0) is 14.3 Å². The molecule has 0 aliphatic rings. The predicted molar refractivity (Wildman–Crippen MR) is 66.6 cm³/mol. The largest absolute Gasteiger partial charge is 0.465 e. The molecule has 1 amide bonds. The van der Waals surface area contributed by atoms with Gasteiger partial charge in [-0.2, -0.15) is 0 Å². The highest BCUT2D eigenvalue weighted by atomic mass is 16.5. The quantitative estimate of drug-likeness (QED) is 0.726. The fraction of sp³-hybridized carbons (Fsp3) is 0.833. The molecule has 0 fully saturated rings. The maximum atomic E-state index is 11.8. The van der Waals surface area contributed by atoms with Crippen molar-refractivity contribution in [1.82, 2.24) is 10.2 Å². The molecule has 0 saturated heterocycles. The van der Waals surface area contributed by atoms with E-state index in [1.54, 1.807) is 25.8 Å². The van der Waals surface area contributed by atoms with E-state index in [0.717, 1.165) is 0 Å². The number of amides is 1. The lowest BCUT2D eigenvalue weighted by Gasteiger charge is -2.27. The molecule has 1 N–H and O–H groups in total. The van der Waals surface area contributed by atoms with Crippen LogP contribution in [0, 0.1) is 0 Å². The van der Waals surface area contributed by atoms with Crippen LogP contribution in [0.4, 0.5) is 0 Å². The van der Waals surface area contributed by atoms with E-state index in [9.17, 15) is 9.59 Å². The van der Waals surface area contributed by atoms with Crippen LogP contribution in [0.1, 0.15) is 34.6 Å². The minimum Gasteiger partial charge on any atom is -0.465 e. The molecule has 5 heteroatoms. The molecule has 0 aromatic heterocycles. The number of hydrogen-bond donors (Lipinski definition) is 1. The fourth-order valence-electron chi connectivity index (χ4n) is 1.22. The Kier molecular flexibility index (Phi) is 6.16. The Bertz CT molecular complexity index is 271. The Morgan fingerprint density at radius 2 is 1.88 bits per heavy atom. The van der Waals surface area contributed by atoms with Crippen molar-refractivity contribution in [3.63, 3.8) is 0 Å². The second-order valence-electron chi connectivity index (χ2n) is 5.14. The molecule has 0 aliphatic heterocycles. The molecule has 0 saturated carbocycles. The van der Waals surface area contributed by atoms with Crippen molar-refractivity contribution in [3.8, 4) is 0 Å². The first-order chi connectivity index (χ1) is 7.67. The summed E-state index contributed by atoms with van der Waals surface area (Å²) >= 11 is 0. The zero-order valence-corrected chi connectivity index (χ0v) is 11.7. The van der Waals surface area contributed by atoms with Crippen molar-refractivity contribution in [3.05, 3.63) is 0 Å². The van der Waals surface area contributed by atoms with Crippen LogP contribution in [0.3, 0.4) is 0 Å². The van der Waals surface area contributed by atoms with Gasteiger partial charge in [0.25, 0.3) is 0 Å². The van der Waals surface area contributed by atoms with Crippen LogP contribution in [0.15, 0.2) is 0 Å². The van der Waals surface area contributed by atoms with Crippen LogP contribution in [0.25, 0.3) is 0 Å². The Morgan fingerprint density at radius 1 is 1.35 bits per heavy atom. The lowest BCUT2D eigenvalue weighted by Crippen LogP contribution is -2.51. The number of carbonyl (C=O) groups excluding carboxylic acids is 2. The third-order valence-electron chi connectivity index (χ3n) is 2.22. The van der Waals surface area contributed by atoms with Gasteiger partial charge in [-0.3, -0.25) is 14.5 Å². The number of nitrogens with zero attached hydrogens (tertiary/aromatic N) is 1. The van der Waals surface area contributed by atoms with Crippen molar-refractivity contribution in [2.24, 2.45) is 0 Å². The van der Waals surface area contributed by atoms with E-state index in [0.29, 0.717) is 6.61 Å². The van der Waals surface area contributed by atoms with Gasteiger partial charge in [-0.25, -0.2) is 0 Å². The zero-order chi connectivity index (χ0) is 13.6. The third-order valence-corrected chi connectivity index (χ3v) is 2.22. The van der Waals surface area contributed by atoms with E-state index in [2.05, 4.69) is 5.32 Å². The van der Waals surface area contributed by atoms with Gasteiger partial charge in [-0.1, -0.05) is 0 Å². The second kappa shape index (κ2) is 6.59. The number of ether oxygens (including phenoxy) is 1. The molecule has 0 radical (unpaired) electrons. The number of nitrogens with one attached hydrogen (secondary N) is 1. The first-order valence-electron chi connectivity index (χ1n) is 5.85. The number of carbonyl (C=O) groups is 2. The molecule has 0 spiro atoms. The number of likely N-dealkylation sites (N-methyl/N-ethyl adjacent to an activating group) is 1. The van der Waals surface area contributed by atoms with Gasteiger partial charge in [0.15, 0.2) is 0 Å². The zero-order valence-electron chi connectivity index (χ0n) is 11.7. The van der Waals surface area contributed by atoms with E-state index < -0.39 is 0 Å². The van der Waals surface area contributed by atoms with Gasteiger partial charge >= 0.3 is 5.97 Å². The predicted octanol–water partition coefficient (Wildman–Crippen LogP) is 0.785. The highest BCUT2D eigenvalue weighted by Gasteiger charge is 2.23. The standard InChI is InChI=1S/C12H24N2O3/c1-7-17-10(15)8-14(6)9(2)11(16)13-12(3,4)5/h9H,7-8H2,1-6H3,(H,13,16). The van der Waals surface area contributed by atoms with E-state index in [1.165, 1.54) is 0 Å². The monoisotopic (exact) mass is 244 g/mol. The van der Waals surface area contributed by atoms with Gasteiger partial charge in [0.1, 0.15) is 0 Å². The number of rotatable bonds is 5. The second-order valence-corrected chi connectivity index (χ2v) is 5.14. The van der Waals surface area contributed by atoms with Gasteiger partial charge in [-0.15, -0.1) is 0 Å². The topological polar surface area (TPSA) is 58.6 Å². The molecule has 0 heterocycles. The maximum absolute atomic E-state index is 11.8. The van der Waals surface area contributed by atoms with Gasteiger partial charge in [0.2, 0.25) is 5.91 Å². The Balaban J connectivity index is 4.25. The van der Waals surface area contributed by atoms with Crippen molar-refractivity contribution in [2.75, 3.05) is 20.2 Å². The molecule has 0 aromatic carbocycles. The van der Waals surface area contributed by atoms with E-state index in [1.807, 2.05) is 20.8 Å². The highest BCUT2D eigenvalue weighted by molar-refractivity contribution is 5.82. The molecule has 0 aliphatic carbocycles. The lowest BCUT2D eigenvalue weighted by molar-refractivity contribution is -0.145. The van der Waals surface area contributed by atoms with Crippen molar-refractivity contribution in [2.45, 2.75) is 46.2 Å². The molecule has 1 atom stereocenters. The summed E-state index contributed by atoms with van der Waals surface area (Å²) in [5.41, 5.74) is -0.268. The van der Waals surface area contributed by atoms with E-state index >= 15 is 0 Å². The van der Waals surface area contributed by atoms with Crippen molar-refractivity contribution in [1.29, 1.82) is 0 Å². The van der Waals surface area contributed by atoms with E-state index in [-0.39, 0.29) is 30.0 Å². The van der Waals surface area contributed by atoms with Gasteiger partial charge in [0, 0.05) is 5.54 Å². The van der Waals surface area contributed by atoms with E-state index in [4.69, 9.17) is 4.74 Å². The highest BCUT2D eigenvalue weighted by Crippen LogP contribution is 2.02. The summed E-state index contributed by atoms with van der Waals surface area (Å²) in [5, 5.41) is 2.87. The average Bonchev–Trinajstić information content (AvgIpc) is 2.13. The number of hydrogen-bond acceptors (Lipinski definition) is 4. The van der Waals surface area contributed by atoms with Crippen molar-refractivity contribution < 1.29 is 14.3 Å². The normalized spacial score (nSPS) is 13.4. The number of esters is 1. The lowest BCUT2D eigenvalue weighted by atomic mass is 10.1. The van der Waals surface area contributed by atoms with Gasteiger partial charge < -0.3 is 10.1 Å². The summed E-state index contributed by atoms with van der Waals surface area (Å²) < 4.78 is 4.83. The minimum absolute atomic E-state index is 0.0932. The molecule has 5 nitrogen and oxygen atoms in total. The molecule has 17 heavy (non-hydrogen) atoms. The van der Waals surface area contributed by atoms with Crippen LogP contribution in [0.5, 0.6) is 0 Å². The maximum Gasteiger partial charge on any atom is 0.320 e. The molecule has 0 aromatic rings. The Labute approximate surface area is 103 Å². The minimum atomic E-state index is -0.362. The summed E-state index contributed by atoms with van der Waals surface area (Å²) in [5.74, 6) is -0.408. The van der Waals surface area contributed by atoms with Gasteiger partial charge in [0.05, 0.1) is 19.2 Å². The van der Waals surface area contributed by atoms with Crippen LogP contribution in [0.2, 0.25) is 0 Å². The summed E-state index contributed by atoms with van der Waals surface area (Å²) in [6.45, 7) is 9.75. The summed E-state index contributed by atoms with van der Waals surface area (Å²) in [6.07, 6.45) is 0. The van der Waals surface area contributed by atoms with Crippen LogP contribution < -0.4 is 5.32 Å². The molecule has 0 rings (SSSR count). The molecule has 1 unspecified atom stereocenters. The summed E-state index contributed by atoms with van der Waals surface area (Å²) in [6, 6.07) is -0.362. The molecular weight excluding hydrogens is 220 g/mol. The smallest absolute Gasteiger partial charge is 0.320 e. The third kappa shape index (κ3) is 6.94. The Hall–Kier alpha value is -1.10. The summed E-state index contributed by atoms with van der Waals surface area (Å²) in [4.78, 5) is 24.8. The van der Waals surface area contributed by atoms with Crippen molar-refractivity contribution >= 4 is 11.9 Å². The van der Waals surface area contributed by atoms with Crippen LogP contribution in [-0.4, -0.2) is 48.6 Å². The summed E-state index contributed by atoms with van der Waals surface area (Å²) in [7, 11) is 1.73. The SMILES string of the molecule is CCOC(=O)CN(C)C(C)C(=O)NC(C)(C)C. The average molecular weight is 244 g/mol. The molecular formula is C12H24N2O3. The first kappa shape index (κ1) is 15.9. The van der Waals surface area contributed by atoms with Gasteiger partial charge in [-0.05, 0) is 41.7 Å². The molecule has 100 valence electrons. The first-order valence-corrected chi connectivity index (χ1v) is 5.85. The Morgan fingerprint density at radius 3 is 2.29 bits per heavy atom. The van der Waals surface area contributed by atoms with Crippen LogP contribution >= 0.6 is 0 Å².